The van der Waals surface area contributed by atoms with E-state index in [-0.39, 0.29) is 10.8 Å². The van der Waals surface area contributed by atoms with Gasteiger partial charge in [-0.1, -0.05) is 41.9 Å². The number of rotatable bonds is 6. The summed E-state index contributed by atoms with van der Waals surface area (Å²) in [5, 5.41) is 2.35. The molecule has 1 heterocycles. The van der Waals surface area contributed by atoms with Gasteiger partial charge in [0.25, 0.3) is 10.0 Å². The molecular weight excluding hydrogens is 378 g/mol. The number of nitrogens with zero attached hydrogens (tertiary/aromatic N) is 1. The normalized spacial score (nSPS) is 11.3. The maximum Gasteiger partial charge on any atom is 0.274 e. The Morgan fingerprint density at radius 3 is 2.40 bits per heavy atom. The summed E-state index contributed by atoms with van der Waals surface area (Å²) in [6.45, 7) is 0.178. The molecule has 0 unspecified atom stereocenters. The molecule has 0 saturated carbocycles. The van der Waals surface area contributed by atoms with Crippen molar-refractivity contribution in [1.29, 1.82) is 0 Å². The number of sulfonamides is 1. The van der Waals surface area contributed by atoms with Crippen molar-refractivity contribution < 1.29 is 13.2 Å². The minimum Gasteiger partial charge on any atom is -0.495 e. The minimum atomic E-state index is -3.71. The number of halogens is 1. The zero-order chi connectivity index (χ0) is 17.9. The highest BCUT2D eigenvalue weighted by Crippen LogP contribution is 2.34. The van der Waals surface area contributed by atoms with E-state index in [9.17, 15) is 8.42 Å². The third kappa shape index (κ3) is 3.81. The van der Waals surface area contributed by atoms with Crippen LogP contribution >= 0.6 is 22.9 Å². The van der Waals surface area contributed by atoms with Gasteiger partial charge in [0, 0.05) is 5.02 Å². The highest BCUT2D eigenvalue weighted by molar-refractivity contribution is 7.94. The van der Waals surface area contributed by atoms with Crippen molar-refractivity contribution in [2.24, 2.45) is 0 Å². The van der Waals surface area contributed by atoms with Gasteiger partial charge in [-0.05, 0) is 41.3 Å². The molecule has 3 aromatic rings. The Kier molecular flexibility index (Phi) is 5.32. The lowest BCUT2D eigenvalue weighted by molar-refractivity contribution is 0.415. The fourth-order valence-electron chi connectivity index (χ4n) is 2.41. The smallest absolute Gasteiger partial charge is 0.274 e. The van der Waals surface area contributed by atoms with Crippen LogP contribution in [-0.4, -0.2) is 15.5 Å². The molecule has 0 spiro atoms. The second-order valence-corrected chi connectivity index (χ2v) is 8.72. The standard InChI is InChI=1S/C18H16ClNO3S2/c1-23-17-6-3-2-5-16(17)20(13-14-8-10-15(19)11-9-14)25(21,22)18-7-4-12-24-18/h2-12H,13H2,1H3. The molecule has 2 aromatic carbocycles. The van der Waals surface area contributed by atoms with Crippen LogP contribution < -0.4 is 9.04 Å². The van der Waals surface area contributed by atoms with Gasteiger partial charge in [0.2, 0.25) is 0 Å². The van der Waals surface area contributed by atoms with Crippen molar-refractivity contribution in [3.8, 4) is 5.75 Å². The van der Waals surface area contributed by atoms with Crippen LogP contribution in [0.5, 0.6) is 5.75 Å². The van der Waals surface area contributed by atoms with E-state index in [4.69, 9.17) is 16.3 Å². The van der Waals surface area contributed by atoms with Crippen molar-refractivity contribution in [3.63, 3.8) is 0 Å². The lowest BCUT2D eigenvalue weighted by atomic mass is 10.2. The molecule has 4 nitrogen and oxygen atoms in total. The first kappa shape index (κ1) is 17.8. The van der Waals surface area contributed by atoms with Crippen LogP contribution in [0.25, 0.3) is 0 Å². The molecule has 25 heavy (non-hydrogen) atoms. The first-order valence-electron chi connectivity index (χ1n) is 7.46. The van der Waals surface area contributed by atoms with E-state index in [0.29, 0.717) is 16.5 Å². The van der Waals surface area contributed by atoms with Crippen molar-refractivity contribution in [2.75, 3.05) is 11.4 Å². The van der Waals surface area contributed by atoms with E-state index in [0.717, 1.165) is 5.56 Å². The minimum absolute atomic E-state index is 0.178. The Morgan fingerprint density at radius 1 is 1.04 bits per heavy atom. The SMILES string of the molecule is COc1ccccc1N(Cc1ccc(Cl)cc1)S(=O)(=O)c1cccs1. The summed E-state index contributed by atoms with van der Waals surface area (Å²) in [6, 6.07) is 17.5. The van der Waals surface area contributed by atoms with Crippen LogP contribution in [-0.2, 0) is 16.6 Å². The van der Waals surface area contributed by atoms with Crippen molar-refractivity contribution in [1.82, 2.24) is 0 Å². The molecule has 7 heteroatoms. The second kappa shape index (κ2) is 7.47. The monoisotopic (exact) mass is 393 g/mol. The molecule has 0 radical (unpaired) electrons. The summed E-state index contributed by atoms with van der Waals surface area (Å²) >= 11 is 7.12. The maximum absolute atomic E-state index is 13.2. The third-order valence-electron chi connectivity index (χ3n) is 3.63. The molecule has 0 fully saturated rings. The number of thiophene rings is 1. The van der Waals surface area contributed by atoms with Gasteiger partial charge in [-0.3, -0.25) is 4.31 Å². The predicted octanol–water partition coefficient (Wildman–Crippen LogP) is 4.81. The number of methoxy groups -OCH3 is 1. The third-order valence-corrected chi connectivity index (χ3v) is 7.02. The van der Waals surface area contributed by atoms with Gasteiger partial charge in [-0.2, -0.15) is 0 Å². The number of ether oxygens (including phenoxy) is 1. The zero-order valence-corrected chi connectivity index (χ0v) is 15.8. The summed E-state index contributed by atoms with van der Waals surface area (Å²) < 4.78 is 33.4. The van der Waals surface area contributed by atoms with Gasteiger partial charge >= 0.3 is 0 Å². The van der Waals surface area contributed by atoms with Crippen molar-refractivity contribution >= 4 is 38.6 Å². The average molecular weight is 394 g/mol. The van der Waals surface area contributed by atoms with Crippen LogP contribution in [0.4, 0.5) is 5.69 Å². The molecule has 0 aliphatic carbocycles. The van der Waals surface area contributed by atoms with Crippen molar-refractivity contribution in [2.45, 2.75) is 10.8 Å². The largest absolute Gasteiger partial charge is 0.495 e. The molecule has 0 N–H and O–H groups in total. The quantitative estimate of drug-likeness (QED) is 0.604. The Balaban J connectivity index is 2.09. The highest BCUT2D eigenvalue weighted by Gasteiger charge is 2.28. The van der Waals surface area contributed by atoms with E-state index in [2.05, 4.69) is 0 Å². The fourth-order valence-corrected chi connectivity index (χ4v) is 5.10. The molecule has 0 aliphatic rings. The maximum atomic E-state index is 13.2. The van der Waals surface area contributed by atoms with E-state index >= 15 is 0 Å². The molecular formula is C18H16ClNO3S2. The Labute approximate surface area is 156 Å². The number of hydrogen-bond donors (Lipinski definition) is 0. The number of benzene rings is 2. The number of hydrogen-bond acceptors (Lipinski definition) is 4. The van der Waals surface area contributed by atoms with Gasteiger partial charge in [0.05, 0.1) is 19.3 Å². The Morgan fingerprint density at radius 2 is 1.76 bits per heavy atom. The zero-order valence-electron chi connectivity index (χ0n) is 13.4. The Bertz CT molecular complexity index is 939. The molecule has 0 aliphatic heterocycles. The van der Waals surface area contributed by atoms with E-state index < -0.39 is 10.0 Å². The lowest BCUT2D eigenvalue weighted by Gasteiger charge is -2.25. The molecule has 0 atom stereocenters. The Hall–Kier alpha value is -2.02. The summed E-state index contributed by atoms with van der Waals surface area (Å²) in [5.41, 5.74) is 1.32. The number of para-hydroxylation sites is 2. The van der Waals surface area contributed by atoms with Crippen LogP contribution in [0.2, 0.25) is 5.02 Å². The van der Waals surface area contributed by atoms with Crippen LogP contribution in [0.3, 0.4) is 0 Å². The number of anilines is 1. The fraction of sp³-hybridized carbons (Fsp3) is 0.111. The van der Waals surface area contributed by atoms with Crippen LogP contribution in [0, 0.1) is 0 Å². The van der Waals surface area contributed by atoms with Gasteiger partial charge in [-0.15, -0.1) is 11.3 Å². The van der Waals surface area contributed by atoms with Gasteiger partial charge < -0.3 is 4.74 Å². The topological polar surface area (TPSA) is 46.6 Å². The predicted molar refractivity (Wildman–Crippen MR) is 102 cm³/mol. The lowest BCUT2D eigenvalue weighted by Crippen LogP contribution is -2.30. The second-order valence-electron chi connectivity index (χ2n) is 5.24. The highest BCUT2D eigenvalue weighted by atomic mass is 35.5. The molecule has 0 saturated heterocycles. The van der Waals surface area contributed by atoms with Crippen LogP contribution in [0.1, 0.15) is 5.56 Å². The summed E-state index contributed by atoms with van der Waals surface area (Å²) in [4.78, 5) is 0. The van der Waals surface area contributed by atoms with E-state index in [1.165, 1.54) is 22.8 Å². The van der Waals surface area contributed by atoms with Gasteiger partial charge in [0.15, 0.2) is 0 Å². The molecule has 3 rings (SSSR count). The van der Waals surface area contributed by atoms with Gasteiger partial charge in [0.1, 0.15) is 9.96 Å². The summed E-state index contributed by atoms with van der Waals surface area (Å²) in [5.74, 6) is 0.497. The summed E-state index contributed by atoms with van der Waals surface area (Å²) in [7, 11) is -2.19. The van der Waals surface area contributed by atoms with Crippen LogP contribution in [0.15, 0.2) is 70.3 Å². The van der Waals surface area contributed by atoms with Crippen molar-refractivity contribution in [3.05, 3.63) is 76.6 Å². The summed E-state index contributed by atoms with van der Waals surface area (Å²) in [6.07, 6.45) is 0. The average Bonchev–Trinajstić information content (AvgIpc) is 3.16. The van der Waals surface area contributed by atoms with E-state index in [1.54, 1.807) is 53.9 Å². The molecule has 0 bridgehead atoms. The van der Waals surface area contributed by atoms with Gasteiger partial charge in [-0.25, -0.2) is 8.42 Å². The molecule has 130 valence electrons. The first-order chi connectivity index (χ1) is 12.0. The molecule has 0 amide bonds. The first-order valence-corrected chi connectivity index (χ1v) is 10.2. The van der Waals surface area contributed by atoms with E-state index in [1.807, 2.05) is 12.1 Å². The molecule has 1 aromatic heterocycles.